The Morgan fingerprint density at radius 2 is 2.11 bits per heavy atom. The lowest BCUT2D eigenvalue weighted by atomic mass is 9.93. The zero-order chi connectivity index (χ0) is 14.6. The molecule has 0 unspecified atom stereocenters. The molecule has 1 heterocycles. The molecule has 0 saturated carbocycles. The third kappa shape index (κ3) is 4.87. The van der Waals surface area contributed by atoms with Crippen molar-refractivity contribution in [1.82, 2.24) is 15.2 Å². The number of aryl methyl sites for hydroxylation is 1. The van der Waals surface area contributed by atoms with Gasteiger partial charge in [-0.3, -0.25) is 9.78 Å². The number of anilines is 1. The van der Waals surface area contributed by atoms with Gasteiger partial charge in [-0.05, 0) is 32.5 Å². The van der Waals surface area contributed by atoms with Crippen molar-refractivity contribution in [1.29, 1.82) is 0 Å². The van der Waals surface area contributed by atoms with Crippen LogP contribution in [0.25, 0.3) is 0 Å². The molecule has 5 nitrogen and oxygen atoms in total. The van der Waals surface area contributed by atoms with E-state index in [-0.39, 0.29) is 11.3 Å². The average molecular weight is 264 g/mol. The van der Waals surface area contributed by atoms with Gasteiger partial charge in [0.05, 0.1) is 5.56 Å². The zero-order valence-corrected chi connectivity index (χ0v) is 12.4. The van der Waals surface area contributed by atoms with E-state index in [1.165, 1.54) is 6.20 Å². The van der Waals surface area contributed by atoms with Crippen molar-refractivity contribution in [3.8, 4) is 0 Å². The number of nitrogens with two attached hydrogens (primary N) is 1. The smallest absolute Gasteiger partial charge is 0.254 e. The topological polar surface area (TPSA) is 71.2 Å². The number of carbonyl (C=O) groups excluding carboxylic acids is 1. The van der Waals surface area contributed by atoms with Gasteiger partial charge in [0, 0.05) is 30.7 Å². The first-order valence-electron chi connectivity index (χ1n) is 6.36. The molecule has 0 spiro atoms. The second kappa shape index (κ2) is 6.02. The number of hydrogen-bond donors (Lipinski definition) is 2. The maximum Gasteiger partial charge on any atom is 0.254 e. The first kappa shape index (κ1) is 15.4. The Bertz CT molecular complexity index is 455. The predicted molar refractivity (Wildman–Crippen MR) is 78.1 cm³/mol. The number of nitrogens with zero attached hydrogens (tertiary/aromatic N) is 2. The van der Waals surface area contributed by atoms with E-state index in [0.29, 0.717) is 17.8 Å². The minimum absolute atomic E-state index is 0.00600. The van der Waals surface area contributed by atoms with E-state index in [2.05, 4.69) is 29.0 Å². The molecule has 0 saturated heterocycles. The summed E-state index contributed by atoms with van der Waals surface area (Å²) in [5.74, 6) is -0.170. The van der Waals surface area contributed by atoms with Gasteiger partial charge in [-0.15, -0.1) is 0 Å². The van der Waals surface area contributed by atoms with Crippen LogP contribution in [-0.4, -0.2) is 43.0 Å². The number of rotatable bonds is 5. The summed E-state index contributed by atoms with van der Waals surface area (Å²) in [5, 5.41) is 2.92. The summed E-state index contributed by atoms with van der Waals surface area (Å²) in [5.41, 5.74) is 7.55. The SMILES string of the molecule is Cc1cc(N)c(C(=O)NCC(C)(C)CN(C)C)cn1. The number of pyridine rings is 1. The summed E-state index contributed by atoms with van der Waals surface area (Å²) >= 11 is 0. The second-order valence-corrected chi connectivity index (χ2v) is 6.00. The molecule has 1 rings (SSSR count). The van der Waals surface area contributed by atoms with Crippen molar-refractivity contribution >= 4 is 11.6 Å². The van der Waals surface area contributed by atoms with Gasteiger partial charge in [-0.2, -0.15) is 0 Å². The molecule has 0 aromatic carbocycles. The number of aromatic nitrogens is 1. The van der Waals surface area contributed by atoms with Crippen LogP contribution < -0.4 is 11.1 Å². The molecule has 5 heteroatoms. The van der Waals surface area contributed by atoms with Crippen molar-refractivity contribution in [2.24, 2.45) is 5.41 Å². The number of hydrogen-bond acceptors (Lipinski definition) is 4. The number of nitrogen functional groups attached to an aromatic ring is 1. The lowest BCUT2D eigenvalue weighted by Crippen LogP contribution is -2.40. The lowest BCUT2D eigenvalue weighted by Gasteiger charge is -2.28. The highest BCUT2D eigenvalue weighted by atomic mass is 16.1. The second-order valence-electron chi connectivity index (χ2n) is 6.00. The molecular weight excluding hydrogens is 240 g/mol. The predicted octanol–water partition coefficient (Wildman–Crippen LogP) is 1.29. The van der Waals surface area contributed by atoms with Crippen LogP contribution in [0.1, 0.15) is 29.9 Å². The summed E-state index contributed by atoms with van der Waals surface area (Å²) in [6.45, 7) is 7.57. The Morgan fingerprint density at radius 3 is 2.63 bits per heavy atom. The van der Waals surface area contributed by atoms with Gasteiger partial charge in [-0.25, -0.2) is 0 Å². The molecule has 0 aliphatic rings. The van der Waals surface area contributed by atoms with Crippen LogP contribution in [0, 0.1) is 12.3 Å². The summed E-state index contributed by atoms with van der Waals surface area (Å²) in [6.07, 6.45) is 1.53. The molecule has 0 aliphatic carbocycles. The molecule has 1 aromatic heterocycles. The fraction of sp³-hybridized carbons (Fsp3) is 0.571. The third-order valence-electron chi connectivity index (χ3n) is 2.79. The zero-order valence-electron chi connectivity index (χ0n) is 12.4. The van der Waals surface area contributed by atoms with Gasteiger partial charge in [0.25, 0.3) is 5.91 Å². The van der Waals surface area contributed by atoms with E-state index in [1.807, 2.05) is 21.0 Å². The van der Waals surface area contributed by atoms with Crippen LogP contribution >= 0.6 is 0 Å². The van der Waals surface area contributed by atoms with Crippen molar-refractivity contribution in [2.75, 3.05) is 32.9 Å². The highest BCUT2D eigenvalue weighted by Gasteiger charge is 2.20. The molecule has 19 heavy (non-hydrogen) atoms. The van der Waals surface area contributed by atoms with Gasteiger partial charge >= 0.3 is 0 Å². The van der Waals surface area contributed by atoms with Gasteiger partial charge < -0.3 is 16.0 Å². The molecule has 3 N–H and O–H groups in total. The van der Waals surface area contributed by atoms with E-state index in [4.69, 9.17) is 5.73 Å². The van der Waals surface area contributed by atoms with Gasteiger partial charge in [0.1, 0.15) is 0 Å². The lowest BCUT2D eigenvalue weighted by molar-refractivity contribution is 0.0930. The van der Waals surface area contributed by atoms with Gasteiger partial charge in [0.2, 0.25) is 0 Å². The maximum atomic E-state index is 12.1. The molecule has 0 bridgehead atoms. The summed E-state index contributed by atoms with van der Waals surface area (Å²) in [7, 11) is 4.04. The standard InChI is InChI=1S/C14H24N4O/c1-10-6-12(15)11(7-16-10)13(19)17-8-14(2,3)9-18(4)5/h6-7H,8-9H2,1-5H3,(H2,15,16)(H,17,19). The first-order valence-corrected chi connectivity index (χ1v) is 6.36. The fourth-order valence-electron chi connectivity index (χ4n) is 2.10. The normalized spacial score (nSPS) is 11.7. The minimum Gasteiger partial charge on any atom is -0.398 e. The van der Waals surface area contributed by atoms with Gasteiger partial charge in [-0.1, -0.05) is 13.8 Å². The fourth-order valence-corrected chi connectivity index (χ4v) is 2.10. The number of carbonyl (C=O) groups is 1. The Kier molecular flexibility index (Phi) is 4.89. The van der Waals surface area contributed by atoms with E-state index in [0.717, 1.165) is 12.2 Å². The first-order chi connectivity index (χ1) is 8.71. The number of amides is 1. The quantitative estimate of drug-likeness (QED) is 0.840. The highest BCUT2D eigenvalue weighted by molar-refractivity contribution is 5.98. The molecule has 0 aliphatic heterocycles. The largest absolute Gasteiger partial charge is 0.398 e. The van der Waals surface area contributed by atoms with Crippen molar-refractivity contribution in [3.05, 3.63) is 23.5 Å². The minimum atomic E-state index is -0.170. The summed E-state index contributed by atoms with van der Waals surface area (Å²) in [4.78, 5) is 18.3. The van der Waals surface area contributed by atoms with Crippen LogP contribution in [0.5, 0.6) is 0 Å². The van der Waals surface area contributed by atoms with E-state index in [1.54, 1.807) is 6.07 Å². The molecule has 1 amide bonds. The van der Waals surface area contributed by atoms with Crippen molar-refractivity contribution in [2.45, 2.75) is 20.8 Å². The molecular formula is C14H24N4O. The van der Waals surface area contributed by atoms with E-state index in [9.17, 15) is 4.79 Å². The van der Waals surface area contributed by atoms with Crippen LogP contribution in [0.3, 0.4) is 0 Å². The molecule has 0 atom stereocenters. The highest BCUT2D eigenvalue weighted by Crippen LogP contribution is 2.16. The van der Waals surface area contributed by atoms with Crippen LogP contribution in [0.2, 0.25) is 0 Å². The molecule has 0 radical (unpaired) electrons. The Morgan fingerprint density at radius 1 is 1.47 bits per heavy atom. The van der Waals surface area contributed by atoms with Crippen LogP contribution in [0.4, 0.5) is 5.69 Å². The molecule has 0 fully saturated rings. The van der Waals surface area contributed by atoms with Crippen LogP contribution in [0.15, 0.2) is 12.3 Å². The Labute approximate surface area is 115 Å². The van der Waals surface area contributed by atoms with Crippen LogP contribution in [-0.2, 0) is 0 Å². The van der Waals surface area contributed by atoms with E-state index >= 15 is 0 Å². The monoisotopic (exact) mass is 264 g/mol. The van der Waals surface area contributed by atoms with Crippen molar-refractivity contribution in [3.63, 3.8) is 0 Å². The molecule has 106 valence electrons. The molecule has 1 aromatic rings. The Hall–Kier alpha value is -1.62. The van der Waals surface area contributed by atoms with E-state index < -0.39 is 0 Å². The summed E-state index contributed by atoms with van der Waals surface area (Å²) < 4.78 is 0. The summed E-state index contributed by atoms with van der Waals surface area (Å²) in [6, 6.07) is 1.71. The maximum absolute atomic E-state index is 12.1. The third-order valence-corrected chi connectivity index (χ3v) is 2.79. The van der Waals surface area contributed by atoms with Crippen molar-refractivity contribution < 1.29 is 4.79 Å². The van der Waals surface area contributed by atoms with Gasteiger partial charge in [0.15, 0.2) is 0 Å². The Balaban J connectivity index is 2.65. The average Bonchev–Trinajstić information content (AvgIpc) is 2.24. The number of nitrogens with one attached hydrogen (secondary N) is 1.